The number of rotatable bonds is 2. The highest BCUT2D eigenvalue weighted by Crippen LogP contribution is 2.29. The van der Waals surface area contributed by atoms with Crippen LogP contribution in [0.3, 0.4) is 0 Å². The Kier molecular flexibility index (Phi) is 3.53. The zero-order chi connectivity index (χ0) is 12.3. The van der Waals surface area contributed by atoms with Crippen LogP contribution in [-0.2, 0) is 0 Å². The molecule has 4 heteroatoms. The molecule has 2 rings (SSSR count). The normalized spacial score (nSPS) is 9.71. The molecule has 0 bridgehead atoms. The maximum atomic E-state index is 8.83. The van der Waals surface area contributed by atoms with Gasteiger partial charge >= 0.3 is 0 Å². The third-order valence-electron chi connectivity index (χ3n) is 2.24. The molecule has 0 amide bonds. The molecule has 0 atom stereocenters. The Bertz CT molecular complexity index is 588. The van der Waals surface area contributed by atoms with Crippen LogP contribution in [0.25, 0.3) is 0 Å². The summed E-state index contributed by atoms with van der Waals surface area (Å²) >= 11 is 12.1. The van der Waals surface area contributed by atoms with Crippen molar-refractivity contribution in [2.45, 2.75) is 0 Å². The standard InChI is InChI=1S/C13H8Cl2N2/c14-10-3-1-2-4-12(10)17-13-7-9(8-16)5-6-11(13)15/h1-7,17H. The summed E-state index contributed by atoms with van der Waals surface area (Å²) in [6.45, 7) is 0. The number of nitrogens with one attached hydrogen (secondary N) is 1. The van der Waals surface area contributed by atoms with Gasteiger partial charge in [0.1, 0.15) is 0 Å². The molecule has 0 fully saturated rings. The summed E-state index contributed by atoms with van der Waals surface area (Å²) < 4.78 is 0. The second-order valence-corrected chi connectivity index (χ2v) is 4.23. The van der Waals surface area contributed by atoms with E-state index in [-0.39, 0.29) is 0 Å². The fourth-order valence-electron chi connectivity index (χ4n) is 1.40. The minimum absolute atomic E-state index is 0.545. The third-order valence-corrected chi connectivity index (χ3v) is 2.90. The largest absolute Gasteiger partial charge is 0.353 e. The molecule has 0 aliphatic carbocycles. The van der Waals surface area contributed by atoms with Gasteiger partial charge in [-0.25, -0.2) is 0 Å². The molecule has 84 valence electrons. The lowest BCUT2D eigenvalue weighted by Crippen LogP contribution is -1.92. The first-order valence-electron chi connectivity index (χ1n) is 4.92. The van der Waals surface area contributed by atoms with Crippen LogP contribution in [-0.4, -0.2) is 0 Å². The molecule has 0 spiro atoms. The van der Waals surface area contributed by atoms with E-state index in [1.54, 1.807) is 24.3 Å². The number of nitrogens with zero attached hydrogens (tertiary/aromatic N) is 1. The van der Waals surface area contributed by atoms with Crippen LogP contribution < -0.4 is 5.32 Å². The van der Waals surface area contributed by atoms with Crippen LogP contribution in [0, 0.1) is 11.3 Å². The number of nitriles is 1. The lowest BCUT2D eigenvalue weighted by molar-refractivity contribution is 1.47. The van der Waals surface area contributed by atoms with Gasteiger partial charge in [0, 0.05) is 0 Å². The molecule has 0 saturated heterocycles. The number of anilines is 2. The zero-order valence-corrected chi connectivity index (χ0v) is 10.3. The van der Waals surface area contributed by atoms with Crippen molar-refractivity contribution in [2.24, 2.45) is 0 Å². The van der Waals surface area contributed by atoms with E-state index in [2.05, 4.69) is 11.4 Å². The maximum Gasteiger partial charge on any atom is 0.0992 e. The van der Waals surface area contributed by atoms with Gasteiger partial charge in [-0.15, -0.1) is 0 Å². The predicted octanol–water partition coefficient (Wildman–Crippen LogP) is 4.61. The van der Waals surface area contributed by atoms with Crippen LogP contribution >= 0.6 is 23.2 Å². The average Bonchev–Trinajstić information content (AvgIpc) is 2.35. The Balaban J connectivity index is 2.37. The molecule has 0 aliphatic rings. The van der Waals surface area contributed by atoms with Crippen molar-refractivity contribution in [3.8, 4) is 6.07 Å². The fraction of sp³-hybridized carbons (Fsp3) is 0. The van der Waals surface area contributed by atoms with Crippen molar-refractivity contribution in [1.29, 1.82) is 5.26 Å². The molecular formula is C13H8Cl2N2. The number of halogens is 2. The van der Waals surface area contributed by atoms with E-state index in [4.69, 9.17) is 28.5 Å². The van der Waals surface area contributed by atoms with E-state index in [0.717, 1.165) is 5.69 Å². The van der Waals surface area contributed by atoms with Gasteiger partial charge in [0.25, 0.3) is 0 Å². The van der Waals surface area contributed by atoms with Gasteiger partial charge in [-0.2, -0.15) is 5.26 Å². The molecule has 0 unspecified atom stereocenters. The highest BCUT2D eigenvalue weighted by atomic mass is 35.5. The molecule has 17 heavy (non-hydrogen) atoms. The molecule has 0 aromatic heterocycles. The van der Waals surface area contributed by atoms with E-state index in [9.17, 15) is 0 Å². The van der Waals surface area contributed by atoms with Crippen molar-refractivity contribution in [3.05, 3.63) is 58.1 Å². The molecule has 0 heterocycles. The number of para-hydroxylation sites is 1. The molecular weight excluding hydrogens is 255 g/mol. The van der Waals surface area contributed by atoms with Gasteiger partial charge in [-0.05, 0) is 30.3 Å². The summed E-state index contributed by atoms with van der Waals surface area (Å²) in [5.41, 5.74) is 1.97. The lowest BCUT2D eigenvalue weighted by Gasteiger charge is -2.09. The first-order chi connectivity index (χ1) is 8.20. The molecule has 2 aromatic rings. The molecule has 0 aliphatic heterocycles. The van der Waals surface area contributed by atoms with Gasteiger partial charge in [0.2, 0.25) is 0 Å². The van der Waals surface area contributed by atoms with Crippen molar-refractivity contribution in [2.75, 3.05) is 5.32 Å². The maximum absolute atomic E-state index is 8.83. The van der Waals surface area contributed by atoms with Crippen LogP contribution in [0.2, 0.25) is 10.0 Å². The first-order valence-corrected chi connectivity index (χ1v) is 5.67. The molecule has 2 aromatic carbocycles. The Morgan fingerprint density at radius 2 is 1.65 bits per heavy atom. The molecule has 0 saturated carbocycles. The van der Waals surface area contributed by atoms with E-state index in [1.165, 1.54) is 0 Å². The minimum Gasteiger partial charge on any atom is -0.353 e. The smallest absolute Gasteiger partial charge is 0.0992 e. The number of benzene rings is 2. The highest BCUT2D eigenvalue weighted by molar-refractivity contribution is 6.34. The van der Waals surface area contributed by atoms with Crippen LogP contribution in [0.5, 0.6) is 0 Å². The van der Waals surface area contributed by atoms with Gasteiger partial charge in [0.05, 0.1) is 33.1 Å². The van der Waals surface area contributed by atoms with Crippen molar-refractivity contribution in [1.82, 2.24) is 0 Å². The van der Waals surface area contributed by atoms with Crippen LogP contribution in [0.1, 0.15) is 5.56 Å². The fourth-order valence-corrected chi connectivity index (χ4v) is 1.75. The summed E-state index contributed by atoms with van der Waals surface area (Å²) in [4.78, 5) is 0. The Hall–Kier alpha value is -1.69. The Labute approximate surface area is 109 Å². The zero-order valence-electron chi connectivity index (χ0n) is 8.74. The Morgan fingerprint density at radius 3 is 2.35 bits per heavy atom. The third kappa shape index (κ3) is 2.71. The van der Waals surface area contributed by atoms with Gasteiger partial charge in [0.15, 0.2) is 0 Å². The SMILES string of the molecule is N#Cc1ccc(Cl)c(Nc2ccccc2Cl)c1. The van der Waals surface area contributed by atoms with Gasteiger partial charge in [-0.1, -0.05) is 35.3 Å². The average molecular weight is 263 g/mol. The summed E-state index contributed by atoms with van der Waals surface area (Å²) in [7, 11) is 0. The summed E-state index contributed by atoms with van der Waals surface area (Å²) in [5, 5.41) is 13.1. The molecule has 2 nitrogen and oxygen atoms in total. The number of hydrogen-bond acceptors (Lipinski definition) is 2. The van der Waals surface area contributed by atoms with Crippen LogP contribution in [0.15, 0.2) is 42.5 Å². The quantitative estimate of drug-likeness (QED) is 0.858. The van der Waals surface area contributed by atoms with Crippen molar-refractivity contribution in [3.63, 3.8) is 0 Å². The van der Waals surface area contributed by atoms with E-state index < -0.39 is 0 Å². The van der Waals surface area contributed by atoms with Crippen molar-refractivity contribution >= 4 is 34.6 Å². The summed E-state index contributed by atoms with van der Waals surface area (Å²) in [5.74, 6) is 0. The second-order valence-electron chi connectivity index (χ2n) is 3.41. The predicted molar refractivity (Wildman–Crippen MR) is 70.9 cm³/mol. The molecule has 0 radical (unpaired) electrons. The van der Waals surface area contributed by atoms with E-state index in [0.29, 0.717) is 21.3 Å². The van der Waals surface area contributed by atoms with Crippen molar-refractivity contribution < 1.29 is 0 Å². The first kappa shape index (κ1) is 11.8. The summed E-state index contributed by atoms with van der Waals surface area (Å²) in [6.07, 6.45) is 0. The highest BCUT2D eigenvalue weighted by Gasteiger charge is 2.04. The van der Waals surface area contributed by atoms with Gasteiger partial charge < -0.3 is 5.32 Å². The topological polar surface area (TPSA) is 35.8 Å². The number of hydrogen-bond donors (Lipinski definition) is 1. The minimum atomic E-state index is 0.545. The molecule has 1 N–H and O–H groups in total. The van der Waals surface area contributed by atoms with E-state index in [1.807, 2.05) is 18.2 Å². The Morgan fingerprint density at radius 1 is 0.941 bits per heavy atom. The second kappa shape index (κ2) is 5.09. The van der Waals surface area contributed by atoms with Gasteiger partial charge in [-0.3, -0.25) is 0 Å². The van der Waals surface area contributed by atoms with Crippen LogP contribution in [0.4, 0.5) is 11.4 Å². The summed E-state index contributed by atoms with van der Waals surface area (Å²) in [6, 6.07) is 14.4. The monoisotopic (exact) mass is 262 g/mol. The lowest BCUT2D eigenvalue weighted by atomic mass is 10.2. The van der Waals surface area contributed by atoms with E-state index >= 15 is 0 Å².